The third-order valence-corrected chi connectivity index (χ3v) is 2.03. The molecule has 1 rings (SSSR count). The summed E-state index contributed by atoms with van der Waals surface area (Å²) in [5.74, 6) is -1.48. The Morgan fingerprint density at radius 3 is 2.75 bits per heavy atom. The number of aromatic nitrogens is 2. The van der Waals surface area contributed by atoms with E-state index in [2.05, 4.69) is 15.5 Å². The average molecular weight is 223 g/mol. The minimum atomic E-state index is -1.03. The van der Waals surface area contributed by atoms with Crippen molar-refractivity contribution in [2.24, 2.45) is 0 Å². The lowest BCUT2D eigenvalue weighted by molar-refractivity contribution is -0.139. The van der Waals surface area contributed by atoms with Crippen LogP contribution in [0.15, 0.2) is 18.5 Å². The lowest BCUT2D eigenvalue weighted by atomic mass is 10.1. The number of hydrogen-bond donors (Lipinski definition) is 2. The quantitative estimate of drug-likeness (QED) is 0.756. The van der Waals surface area contributed by atoms with Crippen LogP contribution in [0.1, 0.15) is 30.1 Å². The Morgan fingerprint density at radius 2 is 2.25 bits per heavy atom. The monoisotopic (exact) mass is 223 g/mol. The van der Waals surface area contributed by atoms with Gasteiger partial charge in [0.05, 0.1) is 18.0 Å². The highest BCUT2D eigenvalue weighted by molar-refractivity contribution is 5.96. The number of nitrogens with zero attached hydrogens (tertiary/aromatic N) is 2. The van der Waals surface area contributed by atoms with Crippen LogP contribution in [0.5, 0.6) is 0 Å². The number of rotatable bonds is 5. The highest BCUT2D eigenvalue weighted by Crippen LogP contribution is 2.00. The molecule has 1 aromatic heterocycles. The Morgan fingerprint density at radius 1 is 1.50 bits per heavy atom. The van der Waals surface area contributed by atoms with Gasteiger partial charge in [0.2, 0.25) is 0 Å². The van der Waals surface area contributed by atoms with Crippen LogP contribution in [0.3, 0.4) is 0 Å². The standard InChI is InChI=1S/C10H13N3O3/c1-2-3-8(10(15)16)13-9(14)7-4-5-11-12-6-7/h4-6,8H,2-3H2,1H3,(H,13,14)(H,15,16)/t8-/m0/s1. The van der Waals surface area contributed by atoms with Gasteiger partial charge in [-0.3, -0.25) is 4.79 Å². The molecule has 0 aromatic carbocycles. The van der Waals surface area contributed by atoms with Gasteiger partial charge in [0.1, 0.15) is 6.04 Å². The molecule has 0 fully saturated rings. The van der Waals surface area contributed by atoms with Crippen molar-refractivity contribution in [2.75, 3.05) is 0 Å². The van der Waals surface area contributed by atoms with Gasteiger partial charge < -0.3 is 10.4 Å². The number of amides is 1. The molecule has 0 aliphatic carbocycles. The Balaban J connectivity index is 2.65. The molecule has 16 heavy (non-hydrogen) atoms. The first-order valence-corrected chi connectivity index (χ1v) is 4.95. The molecule has 0 bridgehead atoms. The molecule has 0 radical (unpaired) electrons. The van der Waals surface area contributed by atoms with E-state index in [1.807, 2.05) is 6.92 Å². The minimum absolute atomic E-state index is 0.303. The van der Waals surface area contributed by atoms with Crippen molar-refractivity contribution < 1.29 is 14.7 Å². The van der Waals surface area contributed by atoms with E-state index in [1.165, 1.54) is 18.5 Å². The molecule has 0 aliphatic heterocycles. The van der Waals surface area contributed by atoms with Gasteiger partial charge >= 0.3 is 5.97 Å². The molecule has 0 aliphatic rings. The maximum absolute atomic E-state index is 11.6. The first-order chi connectivity index (χ1) is 7.65. The fourth-order valence-electron chi connectivity index (χ4n) is 1.21. The van der Waals surface area contributed by atoms with Crippen molar-refractivity contribution in [3.63, 3.8) is 0 Å². The zero-order valence-corrected chi connectivity index (χ0v) is 8.88. The molecule has 0 saturated carbocycles. The zero-order chi connectivity index (χ0) is 12.0. The zero-order valence-electron chi connectivity index (χ0n) is 8.88. The van der Waals surface area contributed by atoms with E-state index in [9.17, 15) is 9.59 Å². The molecule has 6 heteroatoms. The molecule has 1 atom stereocenters. The topological polar surface area (TPSA) is 92.2 Å². The van der Waals surface area contributed by atoms with Crippen LogP contribution in [0.2, 0.25) is 0 Å². The van der Waals surface area contributed by atoms with Gasteiger partial charge in [0.25, 0.3) is 5.91 Å². The van der Waals surface area contributed by atoms with Crippen LogP contribution in [0.25, 0.3) is 0 Å². The highest BCUT2D eigenvalue weighted by atomic mass is 16.4. The number of nitrogens with one attached hydrogen (secondary N) is 1. The second-order valence-electron chi connectivity index (χ2n) is 3.28. The molecular weight excluding hydrogens is 210 g/mol. The summed E-state index contributed by atoms with van der Waals surface area (Å²) >= 11 is 0. The van der Waals surface area contributed by atoms with Crippen LogP contribution < -0.4 is 5.32 Å². The highest BCUT2D eigenvalue weighted by Gasteiger charge is 2.19. The Kier molecular flexibility index (Phi) is 4.38. The Hall–Kier alpha value is -1.98. The lowest BCUT2D eigenvalue weighted by Gasteiger charge is -2.12. The molecule has 1 aromatic rings. The molecule has 0 saturated heterocycles. The van der Waals surface area contributed by atoms with Crippen LogP contribution in [0, 0.1) is 0 Å². The normalized spacial score (nSPS) is 11.8. The Bertz CT molecular complexity index is 367. The fourth-order valence-corrected chi connectivity index (χ4v) is 1.21. The molecular formula is C10H13N3O3. The maximum atomic E-state index is 11.6. The van der Waals surface area contributed by atoms with Crippen LogP contribution in [0.4, 0.5) is 0 Å². The van der Waals surface area contributed by atoms with E-state index in [1.54, 1.807) is 0 Å². The molecule has 1 heterocycles. The summed E-state index contributed by atoms with van der Waals surface area (Å²) in [6.07, 6.45) is 3.76. The summed E-state index contributed by atoms with van der Waals surface area (Å²) in [6, 6.07) is 0.623. The average Bonchev–Trinajstić information content (AvgIpc) is 2.29. The van der Waals surface area contributed by atoms with Crippen LogP contribution in [-0.2, 0) is 4.79 Å². The van der Waals surface area contributed by atoms with E-state index in [0.29, 0.717) is 18.4 Å². The smallest absolute Gasteiger partial charge is 0.326 e. The number of carbonyl (C=O) groups is 2. The number of hydrogen-bond acceptors (Lipinski definition) is 4. The summed E-state index contributed by atoms with van der Waals surface area (Å²) < 4.78 is 0. The number of carbonyl (C=O) groups excluding carboxylic acids is 1. The minimum Gasteiger partial charge on any atom is -0.480 e. The van der Waals surface area contributed by atoms with Crippen molar-refractivity contribution in [2.45, 2.75) is 25.8 Å². The van der Waals surface area contributed by atoms with E-state index in [4.69, 9.17) is 5.11 Å². The number of carboxylic acids is 1. The van der Waals surface area contributed by atoms with Gasteiger partial charge in [-0.1, -0.05) is 13.3 Å². The van der Waals surface area contributed by atoms with Crippen molar-refractivity contribution >= 4 is 11.9 Å². The summed E-state index contributed by atoms with van der Waals surface area (Å²) in [4.78, 5) is 22.4. The summed E-state index contributed by atoms with van der Waals surface area (Å²) in [5.41, 5.74) is 0.303. The van der Waals surface area contributed by atoms with E-state index >= 15 is 0 Å². The SMILES string of the molecule is CCC[C@H](NC(=O)c1ccnnc1)C(=O)O. The third kappa shape index (κ3) is 3.30. The third-order valence-electron chi connectivity index (χ3n) is 2.03. The maximum Gasteiger partial charge on any atom is 0.326 e. The van der Waals surface area contributed by atoms with Gasteiger partial charge in [-0.2, -0.15) is 10.2 Å². The van der Waals surface area contributed by atoms with Crippen LogP contribution in [-0.4, -0.2) is 33.2 Å². The second-order valence-corrected chi connectivity index (χ2v) is 3.28. The van der Waals surface area contributed by atoms with Crippen LogP contribution >= 0.6 is 0 Å². The van der Waals surface area contributed by atoms with E-state index in [0.717, 1.165) is 0 Å². The molecule has 6 nitrogen and oxygen atoms in total. The second kappa shape index (κ2) is 5.79. The molecule has 2 N–H and O–H groups in total. The first kappa shape index (κ1) is 12.1. The molecule has 0 unspecified atom stereocenters. The van der Waals surface area contributed by atoms with E-state index < -0.39 is 17.9 Å². The fraction of sp³-hybridized carbons (Fsp3) is 0.400. The molecule has 86 valence electrons. The van der Waals surface area contributed by atoms with Crippen molar-refractivity contribution in [3.05, 3.63) is 24.0 Å². The van der Waals surface area contributed by atoms with Crippen molar-refractivity contribution in [3.8, 4) is 0 Å². The molecule has 1 amide bonds. The van der Waals surface area contributed by atoms with Gasteiger partial charge in [0, 0.05) is 0 Å². The summed E-state index contributed by atoms with van der Waals surface area (Å²) in [6.45, 7) is 1.86. The largest absolute Gasteiger partial charge is 0.480 e. The Labute approximate surface area is 92.7 Å². The summed E-state index contributed by atoms with van der Waals surface area (Å²) in [5, 5.41) is 18.4. The lowest BCUT2D eigenvalue weighted by Crippen LogP contribution is -2.40. The van der Waals surface area contributed by atoms with E-state index in [-0.39, 0.29) is 0 Å². The predicted molar refractivity (Wildman–Crippen MR) is 55.8 cm³/mol. The van der Waals surface area contributed by atoms with Gasteiger partial charge in [-0.15, -0.1) is 0 Å². The first-order valence-electron chi connectivity index (χ1n) is 4.95. The van der Waals surface area contributed by atoms with Crippen molar-refractivity contribution in [1.29, 1.82) is 0 Å². The predicted octanol–water partition coefficient (Wildman–Crippen LogP) is 0.460. The summed E-state index contributed by atoms with van der Waals surface area (Å²) in [7, 11) is 0. The van der Waals surface area contributed by atoms with Gasteiger partial charge in [0.15, 0.2) is 0 Å². The van der Waals surface area contributed by atoms with Gasteiger partial charge in [-0.25, -0.2) is 4.79 Å². The number of carboxylic acid groups (broad SMARTS) is 1. The van der Waals surface area contributed by atoms with Gasteiger partial charge in [-0.05, 0) is 12.5 Å². The molecule has 0 spiro atoms. The van der Waals surface area contributed by atoms with Crippen molar-refractivity contribution in [1.82, 2.24) is 15.5 Å². The number of aliphatic carboxylic acids is 1.